The third-order valence-electron chi connectivity index (χ3n) is 5.89. The molecule has 9 nitrogen and oxygen atoms in total. The SMILES string of the molecule is C/C(=C(/C=C/c1cc2ccccc2n1C(=O)OC(C)(C)C)C(=O)Nc1cnn(Cc2ccccc2)c1)N(S)C=O. The van der Waals surface area contributed by atoms with Gasteiger partial charge in [0.1, 0.15) is 5.60 Å². The molecule has 0 radical (unpaired) electrons. The number of carbonyl (C=O) groups is 3. The van der Waals surface area contributed by atoms with Crippen LogP contribution < -0.4 is 5.32 Å². The number of hydrogen-bond donors (Lipinski definition) is 2. The lowest BCUT2D eigenvalue weighted by Gasteiger charge is -2.20. The van der Waals surface area contributed by atoms with Crippen LogP contribution in [-0.2, 0) is 20.9 Å². The zero-order valence-electron chi connectivity index (χ0n) is 22.7. The number of nitrogens with one attached hydrogen (secondary N) is 1. The normalized spacial score (nSPS) is 12.3. The summed E-state index contributed by atoms with van der Waals surface area (Å²) in [5, 5.41) is 7.99. The molecule has 0 aliphatic heterocycles. The van der Waals surface area contributed by atoms with Crippen LogP contribution in [-0.4, -0.2) is 42.7 Å². The van der Waals surface area contributed by atoms with E-state index in [1.54, 1.807) is 56.9 Å². The van der Waals surface area contributed by atoms with E-state index in [4.69, 9.17) is 4.74 Å². The van der Waals surface area contributed by atoms with E-state index < -0.39 is 17.6 Å². The minimum Gasteiger partial charge on any atom is -0.443 e. The second-order valence-electron chi connectivity index (χ2n) is 10.1. The number of nitrogens with zero attached hydrogens (tertiary/aromatic N) is 4. The van der Waals surface area contributed by atoms with Crippen molar-refractivity contribution in [1.82, 2.24) is 18.7 Å². The van der Waals surface area contributed by atoms with Crippen molar-refractivity contribution in [2.75, 3.05) is 5.32 Å². The highest BCUT2D eigenvalue weighted by Crippen LogP contribution is 2.24. The smallest absolute Gasteiger partial charge is 0.419 e. The van der Waals surface area contributed by atoms with Gasteiger partial charge in [-0.1, -0.05) is 61.3 Å². The van der Waals surface area contributed by atoms with E-state index in [0.717, 1.165) is 15.3 Å². The third kappa shape index (κ3) is 6.89. The van der Waals surface area contributed by atoms with Gasteiger partial charge < -0.3 is 10.1 Å². The standard InChI is InChI=1S/C30H31N5O4S/c1-21(34(40)20-36)26(28(37)32-24-17-31-33(19-24)18-22-10-6-5-7-11-22)15-14-25-16-23-12-8-9-13-27(23)35(25)29(38)39-30(2,3)4/h5-17,19-20,40H,18H2,1-4H3,(H,32,37)/b15-14+,26-21+. The van der Waals surface area contributed by atoms with Crippen LogP contribution in [0.2, 0.25) is 0 Å². The molecule has 0 saturated carbocycles. The first-order chi connectivity index (χ1) is 19.1. The van der Waals surface area contributed by atoms with Gasteiger partial charge >= 0.3 is 6.09 Å². The minimum atomic E-state index is -0.702. The Bertz CT molecular complexity index is 1600. The highest BCUT2D eigenvalue weighted by atomic mass is 32.1. The lowest BCUT2D eigenvalue weighted by atomic mass is 10.1. The monoisotopic (exact) mass is 557 g/mol. The Kier molecular flexibility index (Phi) is 8.59. The van der Waals surface area contributed by atoms with Gasteiger partial charge in [-0.15, -0.1) is 0 Å². The second-order valence-corrected chi connectivity index (χ2v) is 10.5. The maximum Gasteiger partial charge on any atom is 0.419 e. The number of anilines is 1. The van der Waals surface area contributed by atoms with Crippen LogP contribution in [0.25, 0.3) is 17.0 Å². The van der Waals surface area contributed by atoms with Gasteiger partial charge in [0.25, 0.3) is 5.91 Å². The van der Waals surface area contributed by atoms with Gasteiger partial charge in [-0.2, -0.15) is 5.10 Å². The summed E-state index contributed by atoms with van der Waals surface area (Å²) >= 11 is 4.16. The fraction of sp³-hybridized carbons (Fsp3) is 0.200. The van der Waals surface area contributed by atoms with Crippen molar-refractivity contribution < 1.29 is 19.1 Å². The number of thiol groups is 1. The van der Waals surface area contributed by atoms with Crippen molar-refractivity contribution in [2.45, 2.75) is 39.8 Å². The van der Waals surface area contributed by atoms with Gasteiger partial charge in [0, 0.05) is 17.3 Å². The Morgan fingerprint density at radius 3 is 2.50 bits per heavy atom. The molecule has 10 heteroatoms. The summed E-state index contributed by atoms with van der Waals surface area (Å²) in [5.74, 6) is -0.478. The van der Waals surface area contributed by atoms with Crippen LogP contribution in [0, 0.1) is 0 Å². The molecule has 0 aliphatic rings. The quantitative estimate of drug-likeness (QED) is 0.122. The number of allylic oxidation sites excluding steroid dienone is 1. The fourth-order valence-electron chi connectivity index (χ4n) is 4.03. The summed E-state index contributed by atoms with van der Waals surface area (Å²) in [6.45, 7) is 7.53. The number of hydrogen-bond acceptors (Lipinski definition) is 6. The molecule has 2 amide bonds. The Morgan fingerprint density at radius 2 is 1.80 bits per heavy atom. The second kappa shape index (κ2) is 12.1. The Labute approximate surface area is 238 Å². The lowest BCUT2D eigenvalue weighted by molar-refractivity contribution is -0.112. The van der Waals surface area contributed by atoms with E-state index >= 15 is 0 Å². The first kappa shape index (κ1) is 28.4. The van der Waals surface area contributed by atoms with Crippen molar-refractivity contribution in [3.63, 3.8) is 0 Å². The third-order valence-corrected chi connectivity index (χ3v) is 6.29. The van der Waals surface area contributed by atoms with Gasteiger partial charge in [0.05, 0.1) is 35.2 Å². The van der Waals surface area contributed by atoms with Crippen LogP contribution >= 0.6 is 12.8 Å². The van der Waals surface area contributed by atoms with Crippen molar-refractivity contribution in [2.24, 2.45) is 0 Å². The molecule has 0 spiro atoms. The molecule has 2 aromatic carbocycles. The van der Waals surface area contributed by atoms with Crippen molar-refractivity contribution >= 4 is 53.9 Å². The highest BCUT2D eigenvalue weighted by Gasteiger charge is 2.22. The number of carbonyl (C=O) groups excluding carboxylic acids is 3. The molecule has 2 aromatic heterocycles. The fourth-order valence-corrected chi connectivity index (χ4v) is 4.13. The summed E-state index contributed by atoms with van der Waals surface area (Å²) in [4.78, 5) is 38.0. The molecule has 206 valence electrons. The van der Waals surface area contributed by atoms with Gasteiger partial charge in [-0.25, -0.2) is 9.36 Å². The van der Waals surface area contributed by atoms with Gasteiger partial charge in [-0.3, -0.25) is 18.6 Å². The molecule has 4 rings (SSSR count). The molecular weight excluding hydrogens is 526 g/mol. The molecule has 0 fully saturated rings. The summed E-state index contributed by atoms with van der Waals surface area (Å²) in [7, 11) is 0. The highest BCUT2D eigenvalue weighted by molar-refractivity contribution is 7.78. The summed E-state index contributed by atoms with van der Waals surface area (Å²) in [6.07, 6.45) is 6.40. The average molecular weight is 558 g/mol. The number of amides is 2. The molecular formula is C30H31N5O4S. The molecule has 0 atom stereocenters. The Balaban J connectivity index is 1.65. The zero-order valence-corrected chi connectivity index (χ0v) is 23.6. The molecule has 0 unspecified atom stereocenters. The summed E-state index contributed by atoms with van der Waals surface area (Å²) in [6, 6.07) is 19.1. The summed E-state index contributed by atoms with van der Waals surface area (Å²) in [5.41, 5.74) is 2.48. The number of rotatable bonds is 8. The molecule has 40 heavy (non-hydrogen) atoms. The summed E-state index contributed by atoms with van der Waals surface area (Å²) < 4.78 is 9.82. The van der Waals surface area contributed by atoms with Crippen LogP contribution in [0.15, 0.2) is 90.4 Å². The van der Waals surface area contributed by atoms with Gasteiger partial charge in [0.15, 0.2) is 0 Å². The van der Waals surface area contributed by atoms with E-state index in [-0.39, 0.29) is 5.57 Å². The van der Waals surface area contributed by atoms with Crippen LogP contribution in [0.5, 0.6) is 0 Å². The van der Waals surface area contributed by atoms with Gasteiger partial charge in [-0.05, 0) is 57.5 Å². The van der Waals surface area contributed by atoms with Crippen LogP contribution in [0.3, 0.4) is 0 Å². The maximum atomic E-state index is 13.4. The molecule has 0 aliphatic carbocycles. The molecule has 4 aromatic rings. The topological polar surface area (TPSA) is 98.5 Å². The molecule has 1 N–H and O–H groups in total. The number of para-hydroxylation sites is 1. The van der Waals surface area contributed by atoms with E-state index in [9.17, 15) is 14.4 Å². The van der Waals surface area contributed by atoms with Crippen molar-refractivity contribution in [3.8, 4) is 0 Å². The number of ether oxygens (including phenoxy) is 1. The zero-order chi connectivity index (χ0) is 28.9. The predicted octanol–water partition coefficient (Wildman–Crippen LogP) is 5.90. The average Bonchev–Trinajstić information content (AvgIpc) is 3.51. The molecule has 0 saturated heterocycles. The Hall–Kier alpha value is -4.57. The first-order valence-electron chi connectivity index (χ1n) is 12.6. The van der Waals surface area contributed by atoms with E-state index in [2.05, 4.69) is 23.2 Å². The van der Waals surface area contributed by atoms with Crippen molar-refractivity contribution in [3.05, 3.63) is 102 Å². The minimum absolute atomic E-state index is 0.166. The lowest BCUT2D eigenvalue weighted by Crippen LogP contribution is -2.27. The van der Waals surface area contributed by atoms with Crippen LogP contribution in [0.4, 0.5) is 10.5 Å². The number of fused-ring (bicyclic) bond motifs is 1. The Morgan fingerprint density at radius 1 is 1.10 bits per heavy atom. The van der Waals surface area contributed by atoms with E-state index in [1.165, 1.54) is 4.57 Å². The number of aromatic nitrogens is 3. The number of benzene rings is 2. The van der Waals surface area contributed by atoms with Gasteiger partial charge in [0.2, 0.25) is 6.41 Å². The van der Waals surface area contributed by atoms with Crippen molar-refractivity contribution in [1.29, 1.82) is 0 Å². The largest absolute Gasteiger partial charge is 0.443 e. The maximum absolute atomic E-state index is 13.4. The van der Waals surface area contributed by atoms with Crippen LogP contribution in [0.1, 0.15) is 39.0 Å². The first-order valence-corrected chi connectivity index (χ1v) is 13.0. The van der Waals surface area contributed by atoms with E-state index in [0.29, 0.717) is 35.5 Å². The van der Waals surface area contributed by atoms with E-state index in [1.807, 2.05) is 60.7 Å². The predicted molar refractivity (Wildman–Crippen MR) is 159 cm³/mol. The molecule has 0 bridgehead atoms. The molecule has 2 heterocycles.